The number of fused-ring (bicyclic) bond motifs is 1. The smallest absolute Gasteiger partial charge is 0.307 e. The minimum atomic E-state index is -0.145. The van der Waals surface area contributed by atoms with Crippen molar-refractivity contribution in [1.82, 2.24) is 0 Å². The topological polar surface area (TPSA) is 55.6 Å². The molecule has 4 nitrogen and oxygen atoms in total. The number of anilines is 2. The van der Waals surface area contributed by atoms with E-state index in [0.717, 1.165) is 24.3 Å². The van der Waals surface area contributed by atoms with Gasteiger partial charge in [-0.25, -0.2) is 0 Å². The zero-order valence-electron chi connectivity index (χ0n) is 11.0. The van der Waals surface area contributed by atoms with Crippen LogP contribution in [0.15, 0.2) is 18.2 Å². The van der Waals surface area contributed by atoms with Crippen molar-refractivity contribution in [3.8, 4) is 0 Å². The van der Waals surface area contributed by atoms with E-state index < -0.39 is 0 Å². The summed E-state index contributed by atoms with van der Waals surface area (Å²) in [6, 6.07) is 6.11. The quantitative estimate of drug-likeness (QED) is 0.654. The first kappa shape index (κ1) is 12.7. The Morgan fingerprint density at radius 1 is 1.56 bits per heavy atom. The number of para-hydroxylation sites is 1. The Bertz CT molecular complexity index is 445. The van der Waals surface area contributed by atoms with Gasteiger partial charge in [-0.2, -0.15) is 0 Å². The molecule has 18 heavy (non-hydrogen) atoms. The molecule has 0 aliphatic carbocycles. The maximum Gasteiger partial charge on any atom is 0.307 e. The van der Waals surface area contributed by atoms with E-state index >= 15 is 0 Å². The van der Waals surface area contributed by atoms with Gasteiger partial charge in [0.1, 0.15) is 0 Å². The van der Waals surface area contributed by atoms with E-state index in [9.17, 15) is 4.79 Å². The summed E-state index contributed by atoms with van der Waals surface area (Å²) in [5.41, 5.74) is 9.19. The second kappa shape index (κ2) is 5.29. The third-order valence-electron chi connectivity index (χ3n) is 3.36. The number of esters is 1. The summed E-state index contributed by atoms with van der Waals surface area (Å²) in [5, 5.41) is 0. The van der Waals surface area contributed by atoms with Crippen LogP contribution in [-0.2, 0) is 16.0 Å². The fraction of sp³-hybridized carbons (Fsp3) is 0.500. The van der Waals surface area contributed by atoms with Crippen molar-refractivity contribution in [3.63, 3.8) is 0 Å². The number of ether oxygens (including phenoxy) is 1. The van der Waals surface area contributed by atoms with Gasteiger partial charge in [-0.05, 0) is 31.9 Å². The van der Waals surface area contributed by atoms with E-state index in [0.29, 0.717) is 13.0 Å². The number of nitrogen functional groups attached to an aromatic ring is 1. The molecule has 1 aliphatic heterocycles. The molecule has 1 unspecified atom stereocenters. The van der Waals surface area contributed by atoms with Gasteiger partial charge >= 0.3 is 5.97 Å². The summed E-state index contributed by atoms with van der Waals surface area (Å²) >= 11 is 0. The first-order valence-corrected chi connectivity index (χ1v) is 6.43. The molecule has 0 saturated heterocycles. The Balaban J connectivity index is 2.11. The summed E-state index contributed by atoms with van der Waals surface area (Å²) in [7, 11) is 0. The zero-order chi connectivity index (χ0) is 13.1. The van der Waals surface area contributed by atoms with Gasteiger partial charge in [0.05, 0.1) is 24.4 Å². The minimum absolute atomic E-state index is 0.120. The molecule has 0 fully saturated rings. The van der Waals surface area contributed by atoms with Gasteiger partial charge in [0.2, 0.25) is 0 Å². The molecule has 1 atom stereocenters. The highest BCUT2D eigenvalue weighted by Gasteiger charge is 2.26. The van der Waals surface area contributed by atoms with Gasteiger partial charge < -0.3 is 15.4 Å². The first-order chi connectivity index (χ1) is 8.63. The zero-order valence-corrected chi connectivity index (χ0v) is 11.0. The molecule has 1 aromatic carbocycles. The number of carbonyl (C=O) groups excluding carboxylic acids is 1. The van der Waals surface area contributed by atoms with Gasteiger partial charge in [0.15, 0.2) is 0 Å². The standard InChI is InChI=1S/C14H20N2O2/c1-3-18-13(17)9-10(2)16-8-7-11-5-4-6-12(15)14(11)16/h4-6,10H,3,7-9,15H2,1-2H3. The molecule has 2 N–H and O–H groups in total. The molecule has 0 amide bonds. The van der Waals surface area contributed by atoms with Crippen molar-refractivity contribution < 1.29 is 9.53 Å². The van der Waals surface area contributed by atoms with E-state index in [2.05, 4.69) is 11.0 Å². The van der Waals surface area contributed by atoms with Gasteiger partial charge in [-0.1, -0.05) is 12.1 Å². The molecule has 1 heterocycles. The van der Waals surface area contributed by atoms with Crippen LogP contribution in [0.3, 0.4) is 0 Å². The molecule has 98 valence electrons. The van der Waals surface area contributed by atoms with Crippen LogP contribution in [0.1, 0.15) is 25.8 Å². The summed E-state index contributed by atoms with van der Waals surface area (Å²) in [4.78, 5) is 13.7. The van der Waals surface area contributed by atoms with Crippen LogP contribution < -0.4 is 10.6 Å². The normalized spacial score (nSPS) is 15.3. The van der Waals surface area contributed by atoms with Crippen molar-refractivity contribution in [2.75, 3.05) is 23.8 Å². The van der Waals surface area contributed by atoms with Crippen molar-refractivity contribution >= 4 is 17.3 Å². The van der Waals surface area contributed by atoms with E-state index in [4.69, 9.17) is 10.5 Å². The number of benzene rings is 1. The van der Waals surface area contributed by atoms with E-state index in [1.807, 2.05) is 26.0 Å². The Morgan fingerprint density at radius 3 is 3.06 bits per heavy atom. The molecule has 1 aliphatic rings. The number of nitrogens with two attached hydrogens (primary N) is 1. The van der Waals surface area contributed by atoms with Crippen LogP contribution in [0.25, 0.3) is 0 Å². The highest BCUT2D eigenvalue weighted by atomic mass is 16.5. The van der Waals surface area contributed by atoms with Crippen LogP contribution in [0, 0.1) is 0 Å². The van der Waals surface area contributed by atoms with E-state index in [1.54, 1.807) is 0 Å². The van der Waals surface area contributed by atoms with Crippen molar-refractivity contribution in [2.45, 2.75) is 32.7 Å². The maximum atomic E-state index is 11.5. The lowest BCUT2D eigenvalue weighted by atomic mass is 10.1. The summed E-state index contributed by atoms with van der Waals surface area (Å²) in [6.07, 6.45) is 1.40. The van der Waals surface area contributed by atoms with Gasteiger partial charge in [0.25, 0.3) is 0 Å². The Morgan fingerprint density at radius 2 is 2.33 bits per heavy atom. The fourth-order valence-electron chi connectivity index (χ4n) is 2.53. The Hall–Kier alpha value is -1.71. The lowest BCUT2D eigenvalue weighted by Gasteiger charge is -2.27. The highest BCUT2D eigenvalue weighted by Crippen LogP contribution is 2.35. The largest absolute Gasteiger partial charge is 0.466 e. The molecule has 0 bridgehead atoms. The maximum absolute atomic E-state index is 11.5. The predicted octanol–water partition coefficient (Wildman–Crippen LogP) is 1.97. The number of carbonyl (C=O) groups is 1. The van der Waals surface area contributed by atoms with Gasteiger partial charge in [-0.15, -0.1) is 0 Å². The molecule has 1 aromatic rings. The number of hydrogen-bond acceptors (Lipinski definition) is 4. The Labute approximate surface area is 108 Å². The average molecular weight is 248 g/mol. The van der Waals surface area contributed by atoms with Gasteiger partial charge in [-0.3, -0.25) is 4.79 Å². The highest BCUT2D eigenvalue weighted by molar-refractivity contribution is 5.76. The van der Waals surface area contributed by atoms with Crippen molar-refractivity contribution in [3.05, 3.63) is 23.8 Å². The fourth-order valence-corrected chi connectivity index (χ4v) is 2.53. The lowest BCUT2D eigenvalue weighted by molar-refractivity contribution is -0.143. The van der Waals surface area contributed by atoms with Gasteiger partial charge in [0, 0.05) is 12.6 Å². The molecule has 2 rings (SSSR count). The third-order valence-corrected chi connectivity index (χ3v) is 3.36. The second-order valence-electron chi connectivity index (χ2n) is 4.66. The van der Waals surface area contributed by atoms with E-state index in [1.165, 1.54) is 5.56 Å². The third kappa shape index (κ3) is 2.42. The van der Waals surface area contributed by atoms with E-state index in [-0.39, 0.29) is 12.0 Å². The van der Waals surface area contributed by atoms with Crippen LogP contribution in [0.2, 0.25) is 0 Å². The molecular weight excluding hydrogens is 228 g/mol. The summed E-state index contributed by atoms with van der Waals surface area (Å²) < 4.78 is 4.99. The average Bonchev–Trinajstić information content (AvgIpc) is 2.74. The summed E-state index contributed by atoms with van der Waals surface area (Å²) in [5.74, 6) is -0.145. The Kier molecular flexibility index (Phi) is 3.75. The molecule has 0 saturated carbocycles. The first-order valence-electron chi connectivity index (χ1n) is 6.43. The number of hydrogen-bond donors (Lipinski definition) is 1. The lowest BCUT2D eigenvalue weighted by Crippen LogP contribution is -2.34. The second-order valence-corrected chi connectivity index (χ2v) is 4.66. The SMILES string of the molecule is CCOC(=O)CC(C)N1CCc2cccc(N)c21. The molecule has 0 spiro atoms. The van der Waals surface area contributed by atoms with Crippen molar-refractivity contribution in [1.29, 1.82) is 0 Å². The van der Waals surface area contributed by atoms with Crippen LogP contribution >= 0.6 is 0 Å². The molecular formula is C14H20N2O2. The minimum Gasteiger partial charge on any atom is -0.466 e. The van der Waals surface area contributed by atoms with Crippen LogP contribution in [0.5, 0.6) is 0 Å². The predicted molar refractivity (Wildman–Crippen MR) is 72.6 cm³/mol. The van der Waals surface area contributed by atoms with Crippen molar-refractivity contribution in [2.24, 2.45) is 0 Å². The monoisotopic (exact) mass is 248 g/mol. The number of rotatable bonds is 4. The van der Waals surface area contributed by atoms with Crippen LogP contribution in [-0.4, -0.2) is 25.2 Å². The number of nitrogens with zero attached hydrogens (tertiary/aromatic N) is 1. The van der Waals surface area contributed by atoms with Crippen LogP contribution in [0.4, 0.5) is 11.4 Å². The molecule has 4 heteroatoms. The summed E-state index contributed by atoms with van der Waals surface area (Å²) in [6.45, 7) is 5.22. The molecule has 0 aromatic heterocycles. The molecule has 0 radical (unpaired) electrons.